The Morgan fingerprint density at radius 3 is 2.69 bits per heavy atom. The van der Waals surface area contributed by atoms with Crippen LogP contribution in [0, 0.1) is 0 Å². The minimum Gasteiger partial charge on any atom is -0.343 e. The highest BCUT2D eigenvalue weighted by Crippen LogP contribution is 2.13. The first-order valence-corrected chi connectivity index (χ1v) is 7.11. The van der Waals surface area contributed by atoms with Crippen molar-refractivity contribution in [3.63, 3.8) is 0 Å². The number of nitrogens with one attached hydrogen (secondary N) is 1. The lowest BCUT2D eigenvalue weighted by Crippen LogP contribution is -2.62. The molecule has 16 heavy (non-hydrogen) atoms. The number of carbonyl (C=O) groups excluding carboxylic acids is 2. The van der Waals surface area contributed by atoms with E-state index >= 15 is 0 Å². The molecular formula is C11H20N2O2S. The molecule has 1 heterocycles. The molecule has 0 saturated carbocycles. The third kappa shape index (κ3) is 2.90. The Kier molecular flexibility index (Phi) is 5.12. The van der Waals surface area contributed by atoms with Crippen molar-refractivity contribution in [2.45, 2.75) is 38.8 Å². The van der Waals surface area contributed by atoms with Crippen molar-refractivity contribution in [2.75, 3.05) is 18.6 Å². The molecule has 1 aliphatic heterocycles. The zero-order chi connectivity index (χ0) is 12.1. The van der Waals surface area contributed by atoms with Crippen LogP contribution in [0.3, 0.4) is 0 Å². The topological polar surface area (TPSA) is 49.4 Å². The first-order chi connectivity index (χ1) is 7.61. The fourth-order valence-corrected chi connectivity index (χ4v) is 2.24. The van der Waals surface area contributed by atoms with E-state index in [9.17, 15) is 9.59 Å². The highest BCUT2D eigenvalue weighted by molar-refractivity contribution is 7.98. The molecule has 1 N–H and O–H groups in total. The third-order valence-corrected chi connectivity index (χ3v) is 3.45. The van der Waals surface area contributed by atoms with Gasteiger partial charge >= 0.3 is 0 Å². The second-order valence-corrected chi connectivity index (χ2v) is 5.04. The third-order valence-electron chi connectivity index (χ3n) is 2.86. The molecule has 92 valence electrons. The maximum atomic E-state index is 12.1. The van der Waals surface area contributed by atoms with Gasteiger partial charge in [-0.3, -0.25) is 9.59 Å². The molecule has 1 aliphatic rings. The zero-order valence-corrected chi connectivity index (χ0v) is 11.0. The Bertz CT molecular complexity index is 271. The van der Waals surface area contributed by atoms with E-state index in [-0.39, 0.29) is 23.9 Å². The summed E-state index contributed by atoms with van der Waals surface area (Å²) >= 11 is 1.69. The zero-order valence-electron chi connectivity index (χ0n) is 10.2. The first kappa shape index (κ1) is 13.4. The molecule has 0 radical (unpaired) electrons. The molecular weight excluding hydrogens is 224 g/mol. The number of nitrogens with zero attached hydrogens (tertiary/aromatic N) is 1. The largest absolute Gasteiger partial charge is 0.343 e. The minimum atomic E-state index is -0.326. The predicted molar refractivity (Wildman–Crippen MR) is 66.4 cm³/mol. The highest BCUT2D eigenvalue weighted by Gasteiger charge is 2.36. The van der Waals surface area contributed by atoms with Gasteiger partial charge in [-0.2, -0.15) is 11.8 Å². The van der Waals surface area contributed by atoms with Crippen molar-refractivity contribution >= 4 is 23.6 Å². The summed E-state index contributed by atoms with van der Waals surface area (Å²) in [5, 5.41) is 2.79. The van der Waals surface area contributed by atoms with Crippen molar-refractivity contribution in [3.8, 4) is 0 Å². The van der Waals surface area contributed by atoms with Gasteiger partial charge in [-0.15, -0.1) is 0 Å². The number of hydrogen-bond donors (Lipinski definition) is 1. The van der Waals surface area contributed by atoms with Crippen LogP contribution in [0.15, 0.2) is 0 Å². The van der Waals surface area contributed by atoms with E-state index in [4.69, 9.17) is 0 Å². The number of thioether (sulfide) groups is 1. The van der Waals surface area contributed by atoms with Gasteiger partial charge in [0.2, 0.25) is 11.8 Å². The average Bonchev–Trinajstić information content (AvgIpc) is 2.26. The van der Waals surface area contributed by atoms with Crippen LogP contribution in [0.1, 0.15) is 26.7 Å². The van der Waals surface area contributed by atoms with Crippen molar-refractivity contribution in [2.24, 2.45) is 0 Å². The molecule has 0 aromatic carbocycles. The Balaban J connectivity index is 2.69. The fraction of sp³-hybridized carbons (Fsp3) is 0.818. The lowest BCUT2D eigenvalue weighted by atomic mass is 10.0. The summed E-state index contributed by atoms with van der Waals surface area (Å²) in [6, 6.07) is -0.636. The summed E-state index contributed by atoms with van der Waals surface area (Å²) in [4.78, 5) is 25.5. The Morgan fingerprint density at radius 2 is 2.12 bits per heavy atom. The molecule has 0 aliphatic carbocycles. The van der Waals surface area contributed by atoms with Gasteiger partial charge in [0.25, 0.3) is 0 Å². The van der Waals surface area contributed by atoms with Crippen molar-refractivity contribution in [1.29, 1.82) is 0 Å². The van der Waals surface area contributed by atoms with Gasteiger partial charge < -0.3 is 10.2 Å². The summed E-state index contributed by atoms with van der Waals surface area (Å²) in [6.07, 6.45) is 3.64. The molecule has 1 saturated heterocycles. The Labute approximate surface area is 101 Å². The van der Waals surface area contributed by atoms with Crippen LogP contribution < -0.4 is 5.32 Å². The second-order valence-electron chi connectivity index (χ2n) is 4.05. The number of hydrogen-bond acceptors (Lipinski definition) is 3. The van der Waals surface area contributed by atoms with Gasteiger partial charge in [0.15, 0.2) is 0 Å². The van der Waals surface area contributed by atoms with Crippen LogP contribution in [0.5, 0.6) is 0 Å². The van der Waals surface area contributed by atoms with Crippen LogP contribution in [-0.4, -0.2) is 47.4 Å². The van der Waals surface area contributed by atoms with Crippen LogP contribution in [0.25, 0.3) is 0 Å². The molecule has 2 amide bonds. The lowest BCUT2D eigenvalue weighted by Gasteiger charge is -2.37. The molecule has 5 heteroatoms. The summed E-state index contributed by atoms with van der Waals surface area (Å²) in [5.41, 5.74) is 0. The molecule has 2 atom stereocenters. The van der Waals surface area contributed by atoms with Gasteiger partial charge in [-0.05, 0) is 19.6 Å². The van der Waals surface area contributed by atoms with Crippen LogP contribution in [-0.2, 0) is 9.59 Å². The van der Waals surface area contributed by atoms with Gasteiger partial charge in [0, 0.05) is 12.3 Å². The molecule has 1 fully saturated rings. The number of carbonyl (C=O) groups is 2. The Hall–Kier alpha value is -0.710. The molecule has 2 unspecified atom stereocenters. The fourth-order valence-electron chi connectivity index (χ4n) is 1.86. The predicted octanol–water partition coefficient (Wildman–Crippen LogP) is 0.865. The van der Waals surface area contributed by atoms with Gasteiger partial charge in [0.1, 0.15) is 12.1 Å². The van der Waals surface area contributed by atoms with Crippen LogP contribution in [0.4, 0.5) is 0 Å². The smallest absolute Gasteiger partial charge is 0.245 e. The van der Waals surface area contributed by atoms with E-state index in [0.717, 1.165) is 18.6 Å². The summed E-state index contributed by atoms with van der Waals surface area (Å²) < 4.78 is 0. The summed E-state index contributed by atoms with van der Waals surface area (Å²) in [6.45, 7) is 4.47. The van der Waals surface area contributed by atoms with Gasteiger partial charge in [-0.1, -0.05) is 13.3 Å². The van der Waals surface area contributed by atoms with Crippen LogP contribution in [0.2, 0.25) is 0 Å². The Morgan fingerprint density at radius 1 is 1.44 bits per heavy atom. The molecule has 0 bridgehead atoms. The number of rotatable bonds is 5. The number of amides is 2. The quantitative estimate of drug-likeness (QED) is 0.780. The van der Waals surface area contributed by atoms with Gasteiger partial charge in [-0.25, -0.2) is 0 Å². The van der Waals surface area contributed by atoms with Crippen molar-refractivity contribution in [3.05, 3.63) is 0 Å². The van der Waals surface area contributed by atoms with Crippen molar-refractivity contribution in [1.82, 2.24) is 10.2 Å². The van der Waals surface area contributed by atoms with E-state index in [1.165, 1.54) is 0 Å². The van der Waals surface area contributed by atoms with E-state index < -0.39 is 0 Å². The van der Waals surface area contributed by atoms with E-state index in [1.54, 1.807) is 23.6 Å². The first-order valence-electron chi connectivity index (χ1n) is 5.71. The summed E-state index contributed by atoms with van der Waals surface area (Å²) in [5.74, 6) is 0.921. The molecule has 0 aromatic heterocycles. The van der Waals surface area contributed by atoms with E-state index in [1.807, 2.05) is 13.2 Å². The second kappa shape index (κ2) is 6.13. The molecule has 0 spiro atoms. The maximum Gasteiger partial charge on any atom is 0.245 e. The van der Waals surface area contributed by atoms with Crippen LogP contribution >= 0.6 is 11.8 Å². The lowest BCUT2D eigenvalue weighted by molar-refractivity contribution is -0.148. The maximum absolute atomic E-state index is 12.1. The monoisotopic (exact) mass is 244 g/mol. The standard InChI is InChI=1S/C11H20N2O2S/c1-4-5-9-11(15)13(6-7-16-3)8(2)10(14)12-9/h8-9H,4-7H2,1-3H3,(H,12,14). The summed E-state index contributed by atoms with van der Waals surface area (Å²) in [7, 11) is 0. The average molecular weight is 244 g/mol. The van der Waals surface area contributed by atoms with Crippen molar-refractivity contribution < 1.29 is 9.59 Å². The van der Waals surface area contributed by atoms with Gasteiger partial charge in [0.05, 0.1) is 0 Å². The molecule has 1 rings (SSSR count). The minimum absolute atomic E-state index is 0.0286. The molecule has 0 aromatic rings. The normalized spacial score (nSPS) is 25.8. The number of piperazine rings is 1. The SMILES string of the molecule is CCCC1NC(=O)C(C)N(CCSC)C1=O. The van der Waals surface area contributed by atoms with E-state index in [2.05, 4.69) is 5.32 Å². The molecule has 4 nitrogen and oxygen atoms in total. The van der Waals surface area contributed by atoms with E-state index in [0.29, 0.717) is 6.54 Å². The highest BCUT2D eigenvalue weighted by atomic mass is 32.2.